The normalized spacial score (nSPS) is 11.8. The lowest BCUT2D eigenvalue weighted by molar-refractivity contribution is 1.19. The predicted octanol–water partition coefficient (Wildman–Crippen LogP) is 16.3. The molecule has 0 atom stereocenters. The van der Waals surface area contributed by atoms with Crippen LogP contribution in [0.15, 0.2) is 224 Å². The minimum absolute atomic E-state index is 0.680. The third-order valence-electron chi connectivity index (χ3n) is 13.0. The number of benzene rings is 11. The molecule has 0 aliphatic carbocycles. The van der Waals surface area contributed by atoms with Gasteiger partial charge in [0, 0.05) is 38.4 Å². The van der Waals surface area contributed by atoms with Gasteiger partial charge < -0.3 is 0 Å². The lowest BCUT2D eigenvalue weighted by Crippen LogP contribution is -1.98. The molecule has 13 aromatic rings. The molecule has 3 heteroatoms. The number of hydrogen-bond acceptors (Lipinski definition) is 3. The minimum atomic E-state index is 0.680. The Bertz CT molecular complexity index is 3870. The quantitative estimate of drug-likeness (QED) is 0.163. The maximum atomic E-state index is 5.44. The molecular formula is C61H37N3. The fourth-order valence-electron chi connectivity index (χ4n) is 9.99. The topological polar surface area (TPSA) is 38.7 Å². The second-order valence-electron chi connectivity index (χ2n) is 16.7. The summed E-state index contributed by atoms with van der Waals surface area (Å²) < 4.78 is 0. The molecule has 64 heavy (non-hydrogen) atoms. The predicted molar refractivity (Wildman–Crippen MR) is 270 cm³/mol. The Morgan fingerprint density at radius 2 is 0.750 bits per heavy atom. The largest absolute Gasteiger partial charge is 0.247 e. The van der Waals surface area contributed by atoms with Gasteiger partial charge in [-0.1, -0.05) is 194 Å². The van der Waals surface area contributed by atoms with Crippen molar-refractivity contribution in [2.75, 3.05) is 0 Å². The van der Waals surface area contributed by atoms with Gasteiger partial charge in [-0.25, -0.2) is 15.0 Å². The Morgan fingerprint density at radius 1 is 0.250 bits per heavy atom. The molecule has 0 N–H and O–H groups in total. The Hall–Kier alpha value is -8.53. The van der Waals surface area contributed by atoms with Crippen LogP contribution in [-0.2, 0) is 0 Å². The number of hydrogen-bond donors (Lipinski definition) is 0. The fraction of sp³-hybridized carbons (Fsp3) is 0. The first kappa shape index (κ1) is 36.2. The first-order valence-corrected chi connectivity index (χ1v) is 21.8. The molecule has 0 aliphatic heterocycles. The van der Waals surface area contributed by atoms with Crippen LogP contribution in [0.2, 0.25) is 0 Å². The van der Waals surface area contributed by atoms with E-state index in [1.165, 1.54) is 53.9 Å². The van der Waals surface area contributed by atoms with Gasteiger partial charge in [-0.3, -0.25) is 0 Å². The van der Waals surface area contributed by atoms with E-state index in [2.05, 4.69) is 224 Å². The van der Waals surface area contributed by atoms with E-state index in [4.69, 9.17) is 15.0 Å². The van der Waals surface area contributed by atoms with Gasteiger partial charge in [-0.15, -0.1) is 0 Å². The maximum absolute atomic E-state index is 5.44. The van der Waals surface area contributed by atoms with Crippen LogP contribution in [0, 0.1) is 0 Å². The van der Waals surface area contributed by atoms with Gasteiger partial charge in [0.05, 0.1) is 22.6 Å². The highest BCUT2D eigenvalue weighted by Crippen LogP contribution is 2.41. The van der Waals surface area contributed by atoms with E-state index < -0.39 is 0 Å². The van der Waals surface area contributed by atoms with Crippen LogP contribution in [-0.4, -0.2) is 15.0 Å². The molecule has 2 aromatic heterocycles. The highest BCUT2D eigenvalue weighted by molar-refractivity contribution is 6.22. The summed E-state index contributed by atoms with van der Waals surface area (Å²) in [6.07, 6.45) is 0. The summed E-state index contributed by atoms with van der Waals surface area (Å²) in [5.41, 5.74) is 10.2. The third kappa shape index (κ3) is 5.86. The summed E-state index contributed by atoms with van der Waals surface area (Å²) in [5.74, 6) is 0.680. The van der Waals surface area contributed by atoms with Crippen molar-refractivity contribution in [3.05, 3.63) is 224 Å². The number of fused-ring (bicyclic) bond motifs is 11. The summed E-state index contributed by atoms with van der Waals surface area (Å²) in [7, 11) is 0. The van der Waals surface area contributed by atoms with Crippen molar-refractivity contribution in [3.63, 3.8) is 0 Å². The Kier molecular flexibility index (Phi) is 8.22. The summed E-state index contributed by atoms with van der Waals surface area (Å²) in [5, 5.41) is 15.6. The number of nitrogens with zero attached hydrogens (tertiary/aromatic N) is 3. The van der Waals surface area contributed by atoms with Gasteiger partial charge in [0.1, 0.15) is 0 Å². The second kappa shape index (κ2) is 14.5. The summed E-state index contributed by atoms with van der Waals surface area (Å²) in [4.78, 5) is 16.1. The van der Waals surface area contributed by atoms with Crippen molar-refractivity contribution in [3.8, 4) is 56.3 Å². The first-order valence-electron chi connectivity index (χ1n) is 21.8. The van der Waals surface area contributed by atoms with Crippen LogP contribution in [0.5, 0.6) is 0 Å². The van der Waals surface area contributed by atoms with Crippen molar-refractivity contribution in [2.24, 2.45) is 0 Å². The monoisotopic (exact) mass is 811 g/mol. The third-order valence-corrected chi connectivity index (χ3v) is 13.0. The summed E-state index contributed by atoms with van der Waals surface area (Å²) in [6.45, 7) is 0. The number of rotatable bonds is 5. The Balaban J connectivity index is 0.973. The number of pyridine rings is 1. The lowest BCUT2D eigenvalue weighted by Gasteiger charge is -2.15. The van der Waals surface area contributed by atoms with E-state index in [1.807, 2.05) is 0 Å². The van der Waals surface area contributed by atoms with Crippen LogP contribution < -0.4 is 0 Å². The average molecular weight is 812 g/mol. The molecule has 3 nitrogen and oxygen atoms in total. The van der Waals surface area contributed by atoms with E-state index in [0.717, 1.165) is 72.1 Å². The molecule has 296 valence electrons. The van der Waals surface area contributed by atoms with Crippen LogP contribution in [0.3, 0.4) is 0 Å². The van der Waals surface area contributed by atoms with Gasteiger partial charge in [-0.05, 0) is 95.3 Å². The van der Waals surface area contributed by atoms with Gasteiger partial charge in [0.2, 0.25) is 0 Å². The molecule has 13 rings (SSSR count). The molecule has 0 saturated carbocycles. The fourth-order valence-corrected chi connectivity index (χ4v) is 9.99. The van der Waals surface area contributed by atoms with E-state index in [1.54, 1.807) is 0 Å². The molecular weight excluding hydrogens is 775 g/mol. The van der Waals surface area contributed by atoms with Gasteiger partial charge >= 0.3 is 0 Å². The molecule has 0 bridgehead atoms. The van der Waals surface area contributed by atoms with Crippen molar-refractivity contribution >= 4 is 75.5 Å². The van der Waals surface area contributed by atoms with E-state index in [-0.39, 0.29) is 0 Å². The van der Waals surface area contributed by atoms with Crippen molar-refractivity contribution < 1.29 is 0 Å². The average Bonchev–Trinajstić information content (AvgIpc) is 3.37. The van der Waals surface area contributed by atoms with Gasteiger partial charge in [0.25, 0.3) is 0 Å². The standard InChI is InChI=1S/C61H37N3/c1-6-21-47-39(14-1)32-33-53-59(47)52-26-11-12-27-56(52)62-60(53)40-30-28-38(29-31-40)41-17-13-18-44(34-41)61-63-57(54-35-42-15-2-4-19-45(42)48-22-7-9-24-50(48)54)37-58(64-61)55-36-43-16-3-5-20-46(43)49-23-8-10-25-51(49)55/h1-37H. The van der Waals surface area contributed by atoms with Crippen molar-refractivity contribution in [1.29, 1.82) is 0 Å². The van der Waals surface area contributed by atoms with Crippen molar-refractivity contribution in [1.82, 2.24) is 15.0 Å². The van der Waals surface area contributed by atoms with Crippen LogP contribution in [0.25, 0.3) is 132 Å². The highest BCUT2D eigenvalue weighted by atomic mass is 14.9. The molecule has 0 amide bonds. The minimum Gasteiger partial charge on any atom is -0.247 e. The van der Waals surface area contributed by atoms with Crippen LogP contribution >= 0.6 is 0 Å². The second-order valence-corrected chi connectivity index (χ2v) is 16.7. The maximum Gasteiger partial charge on any atom is 0.160 e. The molecule has 0 fully saturated rings. The van der Waals surface area contributed by atoms with Crippen LogP contribution in [0.1, 0.15) is 0 Å². The molecule has 0 radical (unpaired) electrons. The first-order chi connectivity index (χ1) is 31.7. The van der Waals surface area contributed by atoms with Gasteiger partial charge in [-0.2, -0.15) is 0 Å². The highest BCUT2D eigenvalue weighted by Gasteiger charge is 2.18. The zero-order valence-corrected chi connectivity index (χ0v) is 34.7. The smallest absolute Gasteiger partial charge is 0.160 e. The summed E-state index contributed by atoms with van der Waals surface area (Å²) >= 11 is 0. The molecule has 2 heterocycles. The molecule has 0 saturated heterocycles. The molecule has 0 aliphatic rings. The zero-order valence-electron chi connectivity index (χ0n) is 34.7. The molecule has 0 spiro atoms. The van der Waals surface area contributed by atoms with E-state index in [0.29, 0.717) is 5.82 Å². The lowest BCUT2D eigenvalue weighted by atomic mass is 9.93. The molecule has 0 unspecified atom stereocenters. The SMILES string of the molecule is c1cc(-c2ccc(-c3nc4ccccc4c4c3ccc3ccccc34)cc2)cc(-c2nc(-c3cc4ccccc4c4ccccc34)cc(-c3cc4ccccc4c4ccccc34)n2)c1. The zero-order chi connectivity index (χ0) is 42.1. The van der Waals surface area contributed by atoms with E-state index >= 15 is 0 Å². The van der Waals surface area contributed by atoms with Crippen molar-refractivity contribution in [2.45, 2.75) is 0 Å². The van der Waals surface area contributed by atoms with Crippen LogP contribution in [0.4, 0.5) is 0 Å². The Morgan fingerprint density at radius 3 is 1.39 bits per heavy atom. The number of para-hydroxylation sites is 1. The molecule has 11 aromatic carbocycles. The van der Waals surface area contributed by atoms with E-state index in [9.17, 15) is 0 Å². The Labute approximate surface area is 369 Å². The number of aromatic nitrogens is 3. The van der Waals surface area contributed by atoms with Gasteiger partial charge in [0.15, 0.2) is 5.82 Å². The summed E-state index contributed by atoms with van der Waals surface area (Å²) in [6, 6.07) is 80.4.